The molecule has 3 rings (SSSR count). The van der Waals surface area contributed by atoms with Crippen LogP contribution in [0.15, 0.2) is 54.9 Å². The molecule has 0 radical (unpaired) electrons. The molecule has 3 aromatic rings. The number of benzene rings is 2. The summed E-state index contributed by atoms with van der Waals surface area (Å²) in [4.78, 5) is 4.40. The van der Waals surface area contributed by atoms with Crippen molar-refractivity contribution in [3.63, 3.8) is 0 Å². The molecule has 3 nitrogen and oxygen atoms in total. The average molecular weight is 318 g/mol. The SMILES string of the molecule is Nc1cccc(Cn2ccnc2-c2cccc(Cl)c2Cl)c1. The molecule has 0 aliphatic carbocycles. The Morgan fingerprint density at radius 2 is 1.90 bits per heavy atom. The first-order valence-corrected chi connectivity index (χ1v) is 7.20. The Morgan fingerprint density at radius 3 is 2.71 bits per heavy atom. The van der Waals surface area contributed by atoms with Crippen molar-refractivity contribution < 1.29 is 0 Å². The summed E-state index contributed by atoms with van der Waals surface area (Å²) in [5.74, 6) is 0.782. The molecule has 0 amide bonds. The van der Waals surface area contributed by atoms with Gasteiger partial charge in [-0.3, -0.25) is 0 Å². The van der Waals surface area contributed by atoms with Crippen molar-refractivity contribution >= 4 is 28.9 Å². The van der Waals surface area contributed by atoms with Crippen molar-refractivity contribution in [3.8, 4) is 11.4 Å². The summed E-state index contributed by atoms with van der Waals surface area (Å²) in [6, 6.07) is 13.3. The zero-order valence-corrected chi connectivity index (χ0v) is 12.6. The Kier molecular flexibility index (Phi) is 3.86. The number of nitrogens with two attached hydrogens (primary N) is 1. The molecule has 2 N–H and O–H groups in total. The molecule has 1 aromatic heterocycles. The third kappa shape index (κ3) is 2.89. The number of aromatic nitrogens is 2. The second-order valence-corrected chi connectivity index (χ2v) is 5.51. The first kappa shape index (κ1) is 14.0. The lowest BCUT2D eigenvalue weighted by Crippen LogP contribution is -2.02. The molecule has 1 heterocycles. The van der Waals surface area contributed by atoms with Crippen molar-refractivity contribution in [1.82, 2.24) is 9.55 Å². The lowest BCUT2D eigenvalue weighted by molar-refractivity contribution is 0.807. The van der Waals surface area contributed by atoms with Crippen LogP contribution in [0, 0.1) is 0 Å². The first-order chi connectivity index (χ1) is 10.1. The maximum Gasteiger partial charge on any atom is 0.141 e. The molecule has 106 valence electrons. The molecule has 21 heavy (non-hydrogen) atoms. The summed E-state index contributed by atoms with van der Waals surface area (Å²) >= 11 is 12.4. The van der Waals surface area contributed by atoms with E-state index in [-0.39, 0.29) is 0 Å². The summed E-state index contributed by atoms with van der Waals surface area (Å²) in [5, 5.41) is 1.03. The predicted molar refractivity (Wildman–Crippen MR) is 87.6 cm³/mol. The van der Waals surface area contributed by atoms with Gasteiger partial charge in [0.15, 0.2) is 0 Å². The lowest BCUT2D eigenvalue weighted by Gasteiger charge is -2.10. The smallest absolute Gasteiger partial charge is 0.141 e. The fourth-order valence-electron chi connectivity index (χ4n) is 2.25. The van der Waals surface area contributed by atoms with Crippen LogP contribution in [0.1, 0.15) is 5.56 Å². The Balaban J connectivity index is 2.00. The highest BCUT2D eigenvalue weighted by atomic mass is 35.5. The minimum Gasteiger partial charge on any atom is -0.399 e. The van der Waals surface area contributed by atoms with Gasteiger partial charge in [0.25, 0.3) is 0 Å². The van der Waals surface area contributed by atoms with Crippen molar-refractivity contribution in [2.45, 2.75) is 6.54 Å². The molecule has 0 aliphatic rings. The molecule has 0 atom stereocenters. The third-order valence-electron chi connectivity index (χ3n) is 3.21. The Morgan fingerprint density at radius 1 is 1.10 bits per heavy atom. The number of anilines is 1. The summed E-state index contributed by atoms with van der Waals surface area (Å²) in [7, 11) is 0. The van der Waals surface area contributed by atoms with E-state index < -0.39 is 0 Å². The van der Waals surface area contributed by atoms with Gasteiger partial charge in [-0.2, -0.15) is 0 Å². The van der Waals surface area contributed by atoms with Crippen LogP contribution in [0.4, 0.5) is 5.69 Å². The standard InChI is InChI=1S/C16H13Cl2N3/c17-14-6-2-5-13(15(14)18)16-20-7-8-21(16)10-11-3-1-4-12(19)9-11/h1-9H,10,19H2. The third-order valence-corrected chi connectivity index (χ3v) is 4.03. The number of rotatable bonds is 3. The Labute approximate surface area is 132 Å². The Hall–Kier alpha value is -1.97. The Bertz CT molecular complexity index is 781. The minimum atomic E-state index is 0.513. The van der Waals surface area contributed by atoms with E-state index in [1.54, 1.807) is 12.3 Å². The zero-order valence-electron chi connectivity index (χ0n) is 11.1. The van der Waals surface area contributed by atoms with Crippen LogP contribution in [0.3, 0.4) is 0 Å². The average Bonchev–Trinajstić information content (AvgIpc) is 2.90. The second kappa shape index (κ2) is 5.80. The van der Waals surface area contributed by atoms with E-state index in [2.05, 4.69) is 4.98 Å². The van der Waals surface area contributed by atoms with Gasteiger partial charge in [0.1, 0.15) is 5.82 Å². The lowest BCUT2D eigenvalue weighted by atomic mass is 10.2. The molecule has 5 heteroatoms. The second-order valence-electron chi connectivity index (χ2n) is 4.73. The van der Waals surface area contributed by atoms with Crippen LogP contribution in [0.25, 0.3) is 11.4 Å². The molecule has 0 aliphatic heterocycles. The van der Waals surface area contributed by atoms with Crippen LogP contribution in [0.5, 0.6) is 0 Å². The van der Waals surface area contributed by atoms with Crippen LogP contribution in [0.2, 0.25) is 10.0 Å². The van der Waals surface area contributed by atoms with E-state index in [1.165, 1.54) is 0 Å². The van der Waals surface area contributed by atoms with Gasteiger partial charge in [-0.25, -0.2) is 4.98 Å². The van der Waals surface area contributed by atoms with Crippen LogP contribution >= 0.6 is 23.2 Å². The van der Waals surface area contributed by atoms with E-state index in [4.69, 9.17) is 28.9 Å². The highest BCUT2D eigenvalue weighted by molar-refractivity contribution is 6.43. The van der Waals surface area contributed by atoms with Crippen molar-refractivity contribution in [2.24, 2.45) is 0 Å². The van der Waals surface area contributed by atoms with Crippen LogP contribution in [-0.4, -0.2) is 9.55 Å². The highest BCUT2D eigenvalue weighted by Gasteiger charge is 2.12. The molecule has 0 unspecified atom stereocenters. The number of imidazole rings is 1. The molecule has 0 bridgehead atoms. The van der Waals surface area contributed by atoms with E-state index >= 15 is 0 Å². The number of nitrogens with zero attached hydrogens (tertiary/aromatic N) is 2. The summed E-state index contributed by atoms with van der Waals surface area (Å²) in [6.07, 6.45) is 3.66. The molecule has 0 spiro atoms. The maximum absolute atomic E-state index is 6.28. The normalized spacial score (nSPS) is 10.8. The van der Waals surface area contributed by atoms with Gasteiger partial charge in [-0.1, -0.05) is 41.4 Å². The molecule has 0 saturated carbocycles. The maximum atomic E-state index is 6.28. The van der Waals surface area contributed by atoms with Crippen molar-refractivity contribution in [3.05, 3.63) is 70.5 Å². The van der Waals surface area contributed by atoms with E-state index in [1.807, 2.05) is 47.2 Å². The van der Waals surface area contributed by atoms with Gasteiger partial charge >= 0.3 is 0 Å². The summed E-state index contributed by atoms with van der Waals surface area (Å²) in [6.45, 7) is 0.670. The van der Waals surface area contributed by atoms with E-state index in [0.717, 1.165) is 22.6 Å². The van der Waals surface area contributed by atoms with Crippen LogP contribution in [-0.2, 0) is 6.54 Å². The predicted octanol–water partition coefficient (Wildman–Crippen LogP) is 4.49. The van der Waals surface area contributed by atoms with Gasteiger partial charge in [0.05, 0.1) is 10.0 Å². The molecule has 2 aromatic carbocycles. The molecular formula is C16H13Cl2N3. The number of halogens is 2. The number of hydrogen-bond acceptors (Lipinski definition) is 2. The zero-order chi connectivity index (χ0) is 14.8. The van der Waals surface area contributed by atoms with Gasteiger partial charge in [0, 0.05) is 30.2 Å². The van der Waals surface area contributed by atoms with E-state index in [0.29, 0.717) is 16.6 Å². The van der Waals surface area contributed by atoms with Crippen molar-refractivity contribution in [1.29, 1.82) is 0 Å². The molecule has 0 saturated heterocycles. The minimum absolute atomic E-state index is 0.513. The van der Waals surface area contributed by atoms with Crippen LogP contribution < -0.4 is 5.73 Å². The molecule has 0 fully saturated rings. The quantitative estimate of drug-likeness (QED) is 0.723. The fourth-order valence-corrected chi connectivity index (χ4v) is 2.63. The highest BCUT2D eigenvalue weighted by Crippen LogP contribution is 2.32. The van der Waals surface area contributed by atoms with Crippen molar-refractivity contribution in [2.75, 3.05) is 5.73 Å². The topological polar surface area (TPSA) is 43.8 Å². The number of hydrogen-bond donors (Lipinski definition) is 1. The van der Waals surface area contributed by atoms with Gasteiger partial charge in [-0.15, -0.1) is 0 Å². The van der Waals surface area contributed by atoms with Gasteiger partial charge in [0.2, 0.25) is 0 Å². The summed E-state index contributed by atoms with van der Waals surface area (Å²) in [5.41, 5.74) is 8.48. The summed E-state index contributed by atoms with van der Waals surface area (Å²) < 4.78 is 2.02. The largest absolute Gasteiger partial charge is 0.399 e. The van der Waals surface area contributed by atoms with Gasteiger partial charge < -0.3 is 10.3 Å². The monoisotopic (exact) mass is 317 g/mol. The van der Waals surface area contributed by atoms with E-state index in [9.17, 15) is 0 Å². The first-order valence-electron chi connectivity index (χ1n) is 6.45. The number of nitrogen functional groups attached to an aromatic ring is 1. The fraction of sp³-hybridized carbons (Fsp3) is 0.0625. The van der Waals surface area contributed by atoms with Gasteiger partial charge in [-0.05, 0) is 29.8 Å². The molecular weight excluding hydrogens is 305 g/mol.